The van der Waals surface area contributed by atoms with Crippen LogP contribution in [0.25, 0.3) is 10.4 Å². The highest BCUT2D eigenvalue weighted by Crippen LogP contribution is 2.28. The van der Waals surface area contributed by atoms with E-state index in [9.17, 15) is 4.79 Å². The van der Waals surface area contributed by atoms with Crippen LogP contribution in [0.5, 0.6) is 0 Å². The van der Waals surface area contributed by atoms with Crippen LogP contribution in [-0.4, -0.2) is 26.2 Å². The van der Waals surface area contributed by atoms with Gasteiger partial charge in [0.05, 0.1) is 4.88 Å². The molecule has 1 amide bonds. The summed E-state index contributed by atoms with van der Waals surface area (Å²) in [7, 11) is 1.65. The quantitative estimate of drug-likeness (QED) is 0.823. The van der Waals surface area contributed by atoms with E-state index in [4.69, 9.17) is 16.3 Å². The van der Waals surface area contributed by atoms with Gasteiger partial charge in [-0.1, -0.05) is 23.7 Å². The summed E-state index contributed by atoms with van der Waals surface area (Å²) in [5, 5.41) is 3.59. The fourth-order valence-corrected chi connectivity index (χ4v) is 2.79. The fraction of sp³-hybridized carbons (Fsp3) is 0.267. The topological polar surface area (TPSA) is 38.3 Å². The number of hydrogen-bond acceptors (Lipinski definition) is 3. The van der Waals surface area contributed by atoms with Crippen LogP contribution in [0.15, 0.2) is 36.4 Å². The smallest absolute Gasteiger partial charge is 0.261 e. The molecule has 0 fully saturated rings. The molecular formula is C15H16ClNO2S. The normalized spacial score (nSPS) is 10.5. The summed E-state index contributed by atoms with van der Waals surface area (Å²) in [6, 6.07) is 11.4. The van der Waals surface area contributed by atoms with Crippen molar-refractivity contribution in [3.05, 3.63) is 46.3 Å². The third kappa shape index (κ3) is 4.07. The molecule has 2 aromatic rings. The van der Waals surface area contributed by atoms with Gasteiger partial charge in [-0.15, -0.1) is 11.3 Å². The van der Waals surface area contributed by atoms with E-state index in [-0.39, 0.29) is 5.91 Å². The Hall–Kier alpha value is -1.36. The van der Waals surface area contributed by atoms with Crippen molar-refractivity contribution in [2.75, 3.05) is 20.3 Å². The molecule has 5 heteroatoms. The molecule has 0 radical (unpaired) electrons. The van der Waals surface area contributed by atoms with Crippen LogP contribution in [-0.2, 0) is 4.74 Å². The molecule has 0 atom stereocenters. The molecule has 0 unspecified atom stereocenters. The maximum atomic E-state index is 11.9. The van der Waals surface area contributed by atoms with Crippen molar-refractivity contribution < 1.29 is 9.53 Å². The average Bonchev–Trinajstić information content (AvgIpc) is 2.94. The Balaban J connectivity index is 1.98. The predicted octanol–water partition coefficient (Wildman–Crippen LogP) is 3.83. The Morgan fingerprint density at radius 3 is 2.70 bits per heavy atom. The molecule has 0 saturated carbocycles. The zero-order valence-corrected chi connectivity index (χ0v) is 12.8. The Morgan fingerprint density at radius 2 is 2.00 bits per heavy atom. The van der Waals surface area contributed by atoms with Crippen LogP contribution in [0.2, 0.25) is 5.02 Å². The Kier molecular flexibility index (Phi) is 5.59. The molecule has 0 aliphatic carbocycles. The number of rotatable bonds is 6. The third-order valence-electron chi connectivity index (χ3n) is 2.77. The van der Waals surface area contributed by atoms with Gasteiger partial charge >= 0.3 is 0 Å². The molecular weight excluding hydrogens is 294 g/mol. The maximum Gasteiger partial charge on any atom is 0.261 e. The van der Waals surface area contributed by atoms with Gasteiger partial charge in [-0.25, -0.2) is 0 Å². The van der Waals surface area contributed by atoms with Gasteiger partial charge in [0.1, 0.15) is 0 Å². The number of methoxy groups -OCH3 is 1. The molecule has 0 aliphatic rings. The first-order valence-corrected chi connectivity index (χ1v) is 7.53. The predicted molar refractivity (Wildman–Crippen MR) is 83.6 cm³/mol. The van der Waals surface area contributed by atoms with Gasteiger partial charge in [0, 0.05) is 30.2 Å². The van der Waals surface area contributed by atoms with E-state index in [2.05, 4.69) is 5.32 Å². The summed E-state index contributed by atoms with van der Waals surface area (Å²) in [6.07, 6.45) is 0.817. The molecule has 2 rings (SSSR count). The second-order valence-corrected chi connectivity index (χ2v) is 5.79. The number of nitrogens with one attached hydrogen (secondary N) is 1. The van der Waals surface area contributed by atoms with Gasteiger partial charge in [-0.05, 0) is 36.2 Å². The highest BCUT2D eigenvalue weighted by Gasteiger charge is 2.09. The van der Waals surface area contributed by atoms with E-state index < -0.39 is 0 Å². The number of halogens is 1. The standard InChI is InChI=1S/C15H16ClNO2S/c1-19-10-2-9-17-15(18)14-8-7-13(20-14)11-3-5-12(16)6-4-11/h3-8H,2,9-10H2,1H3,(H,17,18). The monoisotopic (exact) mass is 309 g/mol. The fourth-order valence-electron chi connectivity index (χ4n) is 1.73. The first-order chi connectivity index (χ1) is 9.70. The van der Waals surface area contributed by atoms with Crippen molar-refractivity contribution >= 4 is 28.8 Å². The van der Waals surface area contributed by atoms with Gasteiger partial charge in [0.25, 0.3) is 5.91 Å². The molecule has 0 bridgehead atoms. The largest absolute Gasteiger partial charge is 0.385 e. The second kappa shape index (κ2) is 7.43. The van der Waals surface area contributed by atoms with Crippen LogP contribution in [0, 0.1) is 0 Å². The van der Waals surface area contributed by atoms with E-state index in [0.717, 1.165) is 16.9 Å². The number of ether oxygens (including phenoxy) is 1. The van der Waals surface area contributed by atoms with Crippen molar-refractivity contribution in [2.45, 2.75) is 6.42 Å². The first-order valence-electron chi connectivity index (χ1n) is 6.33. The molecule has 1 aromatic carbocycles. The molecule has 0 spiro atoms. The van der Waals surface area contributed by atoms with Gasteiger partial charge in [-0.3, -0.25) is 4.79 Å². The molecule has 0 aliphatic heterocycles. The minimum atomic E-state index is -0.0358. The van der Waals surface area contributed by atoms with Crippen LogP contribution >= 0.6 is 22.9 Å². The highest BCUT2D eigenvalue weighted by molar-refractivity contribution is 7.17. The number of amides is 1. The Labute approximate surface area is 127 Å². The molecule has 1 N–H and O–H groups in total. The van der Waals surface area contributed by atoms with Crippen LogP contribution < -0.4 is 5.32 Å². The van der Waals surface area contributed by atoms with E-state index >= 15 is 0 Å². The van der Waals surface area contributed by atoms with Gasteiger partial charge in [0.2, 0.25) is 0 Å². The van der Waals surface area contributed by atoms with Crippen molar-refractivity contribution in [3.8, 4) is 10.4 Å². The van der Waals surface area contributed by atoms with Gasteiger partial charge in [0.15, 0.2) is 0 Å². The zero-order chi connectivity index (χ0) is 14.4. The average molecular weight is 310 g/mol. The summed E-state index contributed by atoms with van der Waals surface area (Å²) in [6.45, 7) is 1.28. The molecule has 20 heavy (non-hydrogen) atoms. The summed E-state index contributed by atoms with van der Waals surface area (Å²) >= 11 is 7.34. The van der Waals surface area contributed by atoms with Crippen molar-refractivity contribution in [2.24, 2.45) is 0 Å². The van der Waals surface area contributed by atoms with E-state index in [1.807, 2.05) is 36.4 Å². The van der Waals surface area contributed by atoms with E-state index in [0.29, 0.717) is 23.1 Å². The summed E-state index contributed by atoms with van der Waals surface area (Å²) < 4.78 is 4.94. The lowest BCUT2D eigenvalue weighted by Crippen LogP contribution is -2.24. The molecule has 0 saturated heterocycles. The van der Waals surface area contributed by atoms with Gasteiger partial charge in [-0.2, -0.15) is 0 Å². The van der Waals surface area contributed by atoms with Crippen molar-refractivity contribution in [3.63, 3.8) is 0 Å². The highest BCUT2D eigenvalue weighted by atomic mass is 35.5. The SMILES string of the molecule is COCCCNC(=O)c1ccc(-c2ccc(Cl)cc2)s1. The summed E-state index contributed by atoms with van der Waals surface area (Å²) in [4.78, 5) is 13.7. The minimum Gasteiger partial charge on any atom is -0.385 e. The molecule has 1 aromatic heterocycles. The Bertz CT molecular complexity index is 566. The summed E-state index contributed by atoms with van der Waals surface area (Å²) in [5.41, 5.74) is 1.07. The van der Waals surface area contributed by atoms with Crippen LogP contribution in [0.1, 0.15) is 16.1 Å². The number of carbonyl (C=O) groups is 1. The number of carbonyl (C=O) groups excluding carboxylic acids is 1. The number of thiophene rings is 1. The van der Waals surface area contributed by atoms with Gasteiger partial charge < -0.3 is 10.1 Å². The lowest BCUT2D eigenvalue weighted by atomic mass is 10.2. The van der Waals surface area contributed by atoms with E-state index in [1.165, 1.54) is 11.3 Å². The molecule has 106 valence electrons. The first kappa shape index (κ1) is 15.0. The van der Waals surface area contributed by atoms with Crippen molar-refractivity contribution in [1.29, 1.82) is 0 Å². The van der Waals surface area contributed by atoms with Crippen LogP contribution in [0.3, 0.4) is 0 Å². The number of benzene rings is 1. The minimum absolute atomic E-state index is 0.0358. The maximum absolute atomic E-state index is 11.9. The summed E-state index contributed by atoms with van der Waals surface area (Å²) in [5.74, 6) is -0.0358. The molecule has 3 nitrogen and oxygen atoms in total. The van der Waals surface area contributed by atoms with E-state index in [1.54, 1.807) is 7.11 Å². The van der Waals surface area contributed by atoms with Crippen LogP contribution in [0.4, 0.5) is 0 Å². The van der Waals surface area contributed by atoms with Crippen molar-refractivity contribution in [1.82, 2.24) is 5.32 Å². The lowest BCUT2D eigenvalue weighted by Gasteiger charge is -2.02. The third-order valence-corrected chi connectivity index (χ3v) is 4.15. The molecule has 1 heterocycles. The number of hydrogen-bond donors (Lipinski definition) is 1. The zero-order valence-electron chi connectivity index (χ0n) is 11.2. The lowest BCUT2D eigenvalue weighted by molar-refractivity contribution is 0.0952. The Morgan fingerprint density at radius 1 is 1.25 bits per heavy atom. The second-order valence-electron chi connectivity index (χ2n) is 4.27.